The van der Waals surface area contributed by atoms with E-state index in [4.69, 9.17) is 4.74 Å². The first-order chi connectivity index (χ1) is 10.6. The number of nitrogens with zero attached hydrogens (tertiary/aromatic N) is 1. The van der Waals surface area contributed by atoms with E-state index in [9.17, 15) is 4.79 Å². The third kappa shape index (κ3) is 2.73. The number of ether oxygens (including phenoxy) is 1. The minimum absolute atomic E-state index is 0.216. The molecule has 3 heterocycles. The van der Waals surface area contributed by atoms with E-state index in [0.717, 1.165) is 49.9 Å². The third-order valence-electron chi connectivity index (χ3n) is 5.06. The van der Waals surface area contributed by atoms with E-state index >= 15 is 0 Å². The van der Waals surface area contributed by atoms with Crippen LogP contribution < -0.4 is 0 Å². The van der Waals surface area contributed by atoms with Gasteiger partial charge in [0.2, 0.25) is 0 Å². The van der Waals surface area contributed by atoms with Crippen molar-refractivity contribution in [3.63, 3.8) is 0 Å². The molecule has 0 spiro atoms. The van der Waals surface area contributed by atoms with Crippen LogP contribution in [0, 0.1) is 11.8 Å². The molecule has 1 fully saturated rings. The van der Waals surface area contributed by atoms with Crippen LogP contribution in [0.15, 0.2) is 23.3 Å². The minimum Gasteiger partial charge on any atom is -0.450 e. The second-order valence-corrected chi connectivity index (χ2v) is 6.62. The zero-order chi connectivity index (χ0) is 15.6. The molecule has 3 nitrogen and oxygen atoms in total. The largest absolute Gasteiger partial charge is 0.450 e. The quantitative estimate of drug-likeness (QED) is 0.445. The number of esters is 1. The van der Waals surface area contributed by atoms with Crippen molar-refractivity contribution in [1.82, 2.24) is 4.90 Å². The molecule has 0 bridgehead atoms. The first-order valence-corrected chi connectivity index (χ1v) is 8.53. The van der Waals surface area contributed by atoms with Crippen molar-refractivity contribution >= 4 is 5.97 Å². The Morgan fingerprint density at radius 1 is 1.45 bits per heavy atom. The fourth-order valence-corrected chi connectivity index (χ4v) is 3.84. The number of piperidine rings is 1. The van der Waals surface area contributed by atoms with E-state index in [1.807, 2.05) is 0 Å². The summed E-state index contributed by atoms with van der Waals surface area (Å²) in [6.45, 7) is 6.23. The van der Waals surface area contributed by atoms with Gasteiger partial charge in [0.15, 0.2) is 5.60 Å². The lowest BCUT2D eigenvalue weighted by Gasteiger charge is -2.43. The van der Waals surface area contributed by atoms with Gasteiger partial charge < -0.3 is 4.74 Å². The molecule has 3 aliphatic rings. The van der Waals surface area contributed by atoms with Gasteiger partial charge in [0.1, 0.15) is 0 Å². The van der Waals surface area contributed by atoms with Crippen LogP contribution in [0.1, 0.15) is 52.4 Å². The predicted molar refractivity (Wildman–Crippen MR) is 87.2 cm³/mol. The normalized spacial score (nSPS) is 31.0. The Morgan fingerprint density at radius 2 is 2.32 bits per heavy atom. The Balaban J connectivity index is 1.93. The summed E-state index contributed by atoms with van der Waals surface area (Å²) >= 11 is 0. The first kappa shape index (κ1) is 15.4. The number of hydrogen-bond donors (Lipinski definition) is 0. The zero-order valence-electron chi connectivity index (χ0n) is 13.7. The molecule has 0 radical (unpaired) electrons. The van der Waals surface area contributed by atoms with Crippen LogP contribution >= 0.6 is 0 Å². The number of carbonyl (C=O) groups excluding carboxylic acids is 1. The molecule has 0 unspecified atom stereocenters. The fourth-order valence-electron chi connectivity index (χ4n) is 3.84. The molecule has 1 saturated heterocycles. The van der Waals surface area contributed by atoms with E-state index < -0.39 is 5.60 Å². The molecule has 3 aliphatic heterocycles. The Bertz CT molecular complexity index is 578. The van der Waals surface area contributed by atoms with Gasteiger partial charge in [-0.3, -0.25) is 4.90 Å². The predicted octanol–water partition coefficient (Wildman–Crippen LogP) is 3.22. The van der Waals surface area contributed by atoms with Crippen molar-refractivity contribution < 1.29 is 9.53 Å². The molecule has 0 aromatic carbocycles. The molecular formula is C19H25NO2. The minimum atomic E-state index is -0.528. The fraction of sp³-hybridized carbons (Fsp3) is 0.632. The zero-order valence-corrected chi connectivity index (χ0v) is 13.7. The van der Waals surface area contributed by atoms with Crippen molar-refractivity contribution in [3.8, 4) is 11.8 Å². The highest BCUT2D eigenvalue weighted by molar-refractivity contribution is 5.89. The Hall–Kier alpha value is -1.53. The average molecular weight is 299 g/mol. The van der Waals surface area contributed by atoms with E-state index in [1.165, 1.54) is 12.8 Å². The van der Waals surface area contributed by atoms with Crippen LogP contribution in [0.25, 0.3) is 0 Å². The molecule has 118 valence electrons. The van der Waals surface area contributed by atoms with Crippen molar-refractivity contribution in [3.05, 3.63) is 23.3 Å². The van der Waals surface area contributed by atoms with Gasteiger partial charge in [0.25, 0.3) is 0 Å². The summed E-state index contributed by atoms with van der Waals surface area (Å²) in [5.74, 6) is 6.36. The molecule has 0 amide bonds. The highest BCUT2D eigenvalue weighted by Crippen LogP contribution is 2.42. The maximum Gasteiger partial charge on any atom is 0.332 e. The summed E-state index contributed by atoms with van der Waals surface area (Å²) in [7, 11) is 0. The van der Waals surface area contributed by atoms with Crippen LogP contribution in [-0.2, 0) is 9.53 Å². The topological polar surface area (TPSA) is 29.5 Å². The smallest absolute Gasteiger partial charge is 0.332 e. The molecule has 3 heteroatoms. The summed E-state index contributed by atoms with van der Waals surface area (Å²) in [5.41, 5.74) is 1.47. The molecule has 0 saturated carbocycles. The standard InChI is InChI=1S/C19H25NO2/c1-3-4-5-6-9-15-11-13-20-12-8-7-10-17(20)19(2)16(15)14-18(21)22-19/h11,14,17H,3-5,7-8,10,12-13H2,1-2H3/t17-,19+/m1/s1. The van der Waals surface area contributed by atoms with Crippen LogP contribution in [-0.4, -0.2) is 35.6 Å². The van der Waals surface area contributed by atoms with Crippen molar-refractivity contribution in [1.29, 1.82) is 0 Å². The third-order valence-corrected chi connectivity index (χ3v) is 5.06. The van der Waals surface area contributed by atoms with Gasteiger partial charge in [-0.1, -0.05) is 37.7 Å². The van der Waals surface area contributed by atoms with Gasteiger partial charge in [0.05, 0.1) is 6.04 Å². The number of fused-ring (bicyclic) bond motifs is 3. The number of carbonyl (C=O) groups is 1. The Labute approximate surface area is 133 Å². The van der Waals surface area contributed by atoms with Crippen LogP contribution in [0.4, 0.5) is 0 Å². The molecule has 0 N–H and O–H groups in total. The van der Waals surface area contributed by atoms with E-state index in [-0.39, 0.29) is 12.0 Å². The molecule has 22 heavy (non-hydrogen) atoms. The van der Waals surface area contributed by atoms with Gasteiger partial charge in [-0.15, -0.1) is 0 Å². The SMILES string of the molecule is CCCCC#CC1=CCN2CCCC[C@@H]2[C@@]2(C)OC(=O)C=C12. The van der Waals surface area contributed by atoms with E-state index in [2.05, 4.69) is 36.7 Å². The molecule has 0 aromatic heterocycles. The highest BCUT2D eigenvalue weighted by Gasteiger charge is 2.50. The first-order valence-electron chi connectivity index (χ1n) is 8.53. The molecule has 3 rings (SSSR count). The maximum absolute atomic E-state index is 11.9. The van der Waals surface area contributed by atoms with Gasteiger partial charge in [-0.05, 0) is 32.7 Å². The summed E-state index contributed by atoms with van der Waals surface area (Å²) < 4.78 is 5.78. The second-order valence-electron chi connectivity index (χ2n) is 6.62. The van der Waals surface area contributed by atoms with Crippen molar-refractivity contribution in [2.24, 2.45) is 0 Å². The van der Waals surface area contributed by atoms with E-state index in [0.29, 0.717) is 0 Å². The number of unbranched alkanes of at least 4 members (excludes halogenated alkanes) is 2. The Morgan fingerprint density at radius 3 is 3.14 bits per heavy atom. The van der Waals surface area contributed by atoms with Gasteiger partial charge >= 0.3 is 5.97 Å². The lowest BCUT2D eigenvalue weighted by Crippen LogP contribution is -2.53. The van der Waals surface area contributed by atoms with Gasteiger partial charge in [0, 0.05) is 30.2 Å². The average Bonchev–Trinajstić information content (AvgIpc) is 2.77. The molecular weight excluding hydrogens is 274 g/mol. The summed E-state index contributed by atoms with van der Waals surface area (Å²) in [5, 5.41) is 0. The Kier molecular flexibility index (Phi) is 4.40. The van der Waals surface area contributed by atoms with Gasteiger partial charge in [-0.2, -0.15) is 0 Å². The van der Waals surface area contributed by atoms with E-state index in [1.54, 1.807) is 6.08 Å². The summed E-state index contributed by atoms with van der Waals surface area (Å²) in [4.78, 5) is 14.4. The molecule has 0 aliphatic carbocycles. The lowest BCUT2D eigenvalue weighted by molar-refractivity contribution is -0.150. The van der Waals surface area contributed by atoms with Gasteiger partial charge in [-0.25, -0.2) is 4.79 Å². The van der Waals surface area contributed by atoms with Crippen LogP contribution in [0.3, 0.4) is 0 Å². The number of rotatable bonds is 2. The number of hydrogen-bond acceptors (Lipinski definition) is 3. The lowest BCUT2D eigenvalue weighted by atomic mass is 9.81. The molecule has 2 atom stereocenters. The summed E-state index contributed by atoms with van der Waals surface area (Å²) in [6, 6.07) is 0.283. The summed E-state index contributed by atoms with van der Waals surface area (Å²) in [6.07, 6.45) is 10.6. The van der Waals surface area contributed by atoms with Crippen molar-refractivity contribution in [2.45, 2.75) is 64.0 Å². The molecule has 0 aromatic rings. The highest BCUT2D eigenvalue weighted by atomic mass is 16.6. The van der Waals surface area contributed by atoms with Crippen LogP contribution in [0.5, 0.6) is 0 Å². The second kappa shape index (κ2) is 6.30. The maximum atomic E-state index is 11.9. The van der Waals surface area contributed by atoms with Crippen molar-refractivity contribution in [2.75, 3.05) is 13.1 Å². The van der Waals surface area contributed by atoms with Crippen LogP contribution in [0.2, 0.25) is 0 Å². The monoisotopic (exact) mass is 299 g/mol.